The minimum atomic E-state index is -4.56. The Kier molecular flexibility index (Phi) is 6.59. The number of nitrogens with two attached hydrogens (primary N) is 1. The standard InChI is InChI=1S/C11H13F4NO.ClH/c12-9-6-7(11(13,14)15)3-4-8(9)10(16)2-1-5-17;/h3-4,6,10,17H,1-2,5,16H2;1H/t10-;/m0./s1. The Morgan fingerprint density at radius 1 is 1.28 bits per heavy atom. The molecule has 0 unspecified atom stereocenters. The number of hydrogen-bond acceptors (Lipinski definition) is 2. The molecule has 7 heteroatoms. The zero-order chi connectivity index (χ0) is 13.1. The van der Waals surface area contributed by atoms with Crippen molar-refractivity contribution in [2.45, 2.75) is 25.1 Å². The highest BCUT2D eigenvalue weighted by molar-refractivity contribution is 5.85. The first-order chi connectivity index (χ1) is 7.86. The summed E-state index contributed by atoms with van der Waals surface area (Å²) in [6, 6.07) is 1.58. The molecule has 104 valence electrons. The molecule has 0 aliphatic carbocycles. The van der Waals surface area contributed by atoms with Gasteiger partial charge >= 0.3 is 6.18 Å². The van der Waals surface area contributed by atoms with Gasteiger partial charge in [-0.05, 0) is 25.0 Å². The minimum Gasteiger partial charge on any atom is -0.396 e. The van der Waals surface area contributed by atoms with Gasteiger partial charge in [-0.1, -0.05) is 6.07 Å². The molecule has 0 bridgehead atoms. The summed E-state index contributed by atoms with van der Waals surface area (Å²) in [5.74, 6) is -0.967. The molecule has 1 rings (SSSR count). The van der Waals surface area contributed by atoms with Gasteiger partial charge in [-0.15, -0.1) is 12.4 Å². The number of aliphatic hydroxyl groups excluding tert-OH is 1. The van der Waals surface area contributed by atoms with Gasteiger partial charge in [0.15, 0.2) is 0 Å². The molecule has 0 saturated carbocycles. The van der Waals surface area contributed by atoms with E-state index in [1.807, 2.05) is 0 Å². The van der Waals surface area contributed by atoms with Gasteiger partial charge in [0.05, 0.1) is 5.56 Å². The first-order valence-corrected chi connectivity index (χ1v) is 5.09. The van der Waals surface area contributed by atoms with Crippen molar-refractivity contribution in [3.05, 3.63) is 35.1 Å². The maximum absolute atomic E-state index is 13.4. The van der Waals surface area contributed by atoms with Crippen LogP contribution in [0.5, 0.6) is 0 Å². The minimum absolute atomic E-state index is 0. The molecule has 1 atom stereocenters. The van der Waals surface area contributed by atoms with E-state index in [1.165, 1.54) is 0 Å². The molecule has 0 radical (unpaired) electrons. The maximum Gasteiger partial charge on any atom is 0.416 e. The lowest BCUT2D eigenvalue weighted by atomic mass is 10.0. The Bertz CT molecular complexity index is 384. The van der Waals surface area contributed by atoms with Crippen LogP contribution in [0.2, 0.25) is 0 Å². The van der Waals surface area contributed by atoms with Gasteiger partial charge in [-0.25, -0.2) is 4.39 Å². The van der Waals surface area contributed by atoms with E-state index in [0.29, 0.717) is 18.9 Å². The smallest absolute Gasteiger partial charge is 0.396 e. The Labute approximate surface area is 108 Å². The molecule has 0 aromatic heterocycles. The molecule has 0 amide bonds. The fraction of sp³-hybridized carbons (Fsp3) is 0.455. The topological polar surface area (TPSA) is 46.2 Å². The number of halogens is 5. The summed E-state index contributed by atoms with van der Waals surface area (Å²) in [6.07, 6.45) is -3.87. The normalized spacial score (nSPS) is 13.0. The van der Waals surface area contributed by atoms with Crippen LogP contribution in [0.4, 0.5) is 17.6 Å². The van der Waals surface area contributed by atoms with E-state index in [2.05, 4.69) is 0 Å². The Morgan fingerprint density at radius 2 is 1.89 bits per heavy atom. The molecule has 0 aliphatic rings. The van der Waals surface area contributed by atoms with Gasteiger partial charge in [0, 0.05) is 18.2 Å². The lowest BCUT2D eigenvalue weighted by molar-refractivity contribution is -0.137. The summed E-state index contributed by atoms with van der Waals surface area (Å²) in [6.45, 7) is -0.0873. The SMILES string of the molecule is Cl.N[C@@H](CCCO)c1ccc(C(F)(F)F)cc1F. The lowest BCUT2D eigenvalue weighted by Crippen LogP contribution is -2.14. The molecule has 18 heavy (non-hydrogen) atoms. The van der Waals surface area contributed by atoms with Gasteiger partial charge in [0.25, 0.3) is 0 Å². The summed E-state index contributed by atoms with van der Waals surface area (Å²) in [4.78, 5) is 0. The highest BCUT2D eigenvalue weighted by Crippen LogP contribution is 2.31. The van der Waals surface area contributed by atoms with Crippen molar-refractivity contribution in [3.63, 3.8) is 0 Å². The molecule has 0 aliphatic heterocycles. The van der Waals surface area contributed by atoms with Crippen LogP contribution in [-0.2, 0) is 6.18 Å². The van der Waals surface area contributed by atoms with Crippen LogP contribution >= 0.6 is 12.4 Å². The third-order valence-corrected chi connectivity index (χ3v) is 2.40. The highest BCUT2D eigenvalue weighted by Gasteiger charge is 2.31. The van der Waals surface area contributed by atoms with Crippen molar-refractivity contribution in [2.75, 3.05) is 6.61 Å². The summed E-state index contributed by atoms with van der Waals surface area (Å²) in [5, 5.41) is 8.58. The van der Waals surface area contributed by atoms with Crippen LogP contribution < -0.4 is 5.73 Å². The summed E-state index contributed by atoms with van der Waals surface area (Å²) < 4.78 is 50.2. The second kappa shape index (κ2) is 6.92. The third kappa shape index (κ3) is 4.44. The third-order valence-electron chi connectivity index (χ3n) is 2.40. The van der Waals surface area contributed by atoms with Crippen molar-refractivity contribution in [1.82, 2.24) is 0 Å². The van der Waals surface area contributed by atoms with Crippen molar-refractivity contribution >= 4 is 12.4 Å². The lowest BCUT2D eigenvalue weighted by Gasteiger charge is -2.14. The molecular weight excluding hydrogens is 274 g/mol. The van der Waals surface area contributed by atoms with E-state index < -0.39 is 23.6 Å². The molecule has 0 saturated heterocycles. The van der Waals surface area contributed by atoms with E-state index in [9.17, 15) is 17.6 Å². The fourth-order valence-corrected chi connectivity index (χ4v) is 1.47. The van der Waals surface area contributed by atoms with Crippen molar-refractivity contribution in [3.8, 4) is 0 Å². The number of rotatable bonds is 4. The second-order valence-corrected chi connectivity index (χ2v) is 3.71. The first-order valence-electron chi connectivity index (χ1n) is 5.09. The van der Waals surface area contributed by atoms with E-state index in [0.717, 1.165) is 12.1 Å². The van der Waals surface area contributed by atoms with Crippen LogP contribution in [0.1, 0.15) is 30.0 Å². The van der Waals surface area contributed by atoms with E-state index in [4.69, 9.17) is 10.8 Å². The molecular formula is C11H14ClF4NO. The van der Waals surface area contributed by atoms with Crippen LogP contribution in [0.25, 0.3) is 0 Å². The number of alkyl halides is 3. The van der Waals surface area contributed by atoms with Gasteiger partial charge in [-0.2, -0.15) is 13.2 Å². The molecule has 0 fully saturated rings. The predicted octanol–water partition coefficient (Wildman–Crippen LogP) is 3.04. The van der Waals surface area contributed by atoms with Gasteiger partial charge in [-0.3, -0.25) is 0 Å². The maximum atomic E-state index is 13.4. The molecule has 3 N–H and O–H groups in total. The highest BCUT2D eigenvalue weighted by atomic mass is 35.5. The van der Waals surface area contributed by atoms with Crippen LogP contribution in [-0.4, -0.2) is 11.7 Å². The molecule has 1 aromatic carbocycles. The van der Waals surface area contributed by atoms with Crippen molar-refractivity contribution in [1.29, 1.82) is 0 Å². The Hall–Kier alpha value is -0.850. The molecule has 1 aromatic rings. The van der Waals surface area contributed by atoms with Crippen molar-refractivity contribution < 1.29 is 22.7 Å². The van der Waals surface area contributed by atoms with Gasteiger partial charge < -0.3 is 10.8 Å². The van der Waals surface area contributed by atoms with E-state index >= 15 is 0 Å². The summed E-state index contributed by atoms with van der Waals surface area (Å²) >= 11 is 0. The van der Waals surface area contributed by atoms with Gasteiger partial charge in [0.2, 0.25) is 0 Å². The zero-order valence-electron chi connectivity index (χ0n) is 9.38. The average molecular weight is 288 g/mol. The Morgan fingerprint density at radius 3 is 2.33 bits per heavy atom. The summed E-state index contributed by atoms with van der Waals surface area (Å²) in [7, 11) is 0. The van der Waals surface area contributed by atoms with E-state index in [1.54, 1.807) is 0 Å². The van der Waals surface area contributed by atoms with Gasteiger partial charge in [0.1, 0.15) is 5.82 Å². The van der Waals surface area contributed by atoms with Crippen molar-refractivity contribution in [2.24, 2.45) is 5.73 Å². The van der Waals surface area contributed by atoms with Crippen LogP contribution in [0, 0.1) is 5.82 Å². The predicted molar refractivity (Wildman–Crippen MR) is 61.9 cm³/mol. The second-order valence-electron chi connectivity index (χ2n) is 3.71. The number of benzene rings is 1. The van der Waals surface area contributed by atoms with Crippen LogP contribution in [0.15, 0.2) is 18.2 Å². The Balaban J connectivity index is 0.00000289. The molecule has 0 heterocycles. The monoisotopic (exact) mass is 287 g/mol. The first kappa shape index (κ1) is 17.2. The summed E-state index contributed by atoms with van der Waals surface area (Å²) in [5.41, 5.74) is 4.61. The zero-order valence-corrected chi connectivity index (χ0v) is 10.2. The van der Waals surface area contributed by atoms with Crippen LogP contribution in [0.3, 0.4) is 0 Å². The quantitative estimate of drug-likeness (QED) is 0.836. The number of hydrogen-bond donors (Lipinski definition) is 2. The largest absolute Gasteiger partial charge is 0.416 e. The molecule has 2 nitrogen and oxygen atoms in total. The van der Waals surface area contributed by atoms with E-state index in [-0.39, 0.29) is 24.6 Å². The molecule has 0 spiro atoms. The number of aliphatic hydroxyl groups is 1. The average Bonchev–Trinajstić information content (AvgIpc) is 2.24. The fourth-order valence-electron chi connectivity index (χ4n) is 1.47.